The van der Waals surface area contributed by atoms with Crippen molar-refractivity contribution in [1.82, 2.24) is 0 Å². The fourth-order valence-electron chi connectivity index (χ4n) is 0.721. The summed E-state index contributed by atoms with van der Waals surface area (Å²) in [5.41, 5.74) is 0.744. The van der Waals surface area contributed by atoms with Crippen molar-refractivity contribution in [3.05, 3.63) is 23.8 Å². The summed E-state index contributed by atoms with van der Waals surface area (Å²) in [6.45, 7) is 7.55. The van der Waals surface area contributed by atoms with Gasteiger partial charge in [-0.2, -0.15) is 0 Å². The number of rotatable bonds is 4. The molecular weight excluding hydrogens is 184 g/mol. The average molecular weight is 203 g/mol. The van der Waals surface area contributed by atoms with Gasteiger partial charge in [-0.1, -0.05) is 39.0 Å². The first-order valence-electron chi connectivity index (χ1n) is 4.66. The zero-order chi connectivity index (χ0) is 10.7. The predicted octanol–water partition coefficient (Wildman–Crippen LogP) is 3.73. The van der Waals surface area contributed by atoms with Gasteiger partial charge in [0.25, 0.3) is 0 Å². The van der Waals surface area contributed by atoms with E-state index < -0.39 is 0 Å². The third kappa shape index (κ3) is 9.35. The van der Waals surface area contributed by atoms with Crippen LogP contribution in [0.2, 0.25) is 0 Å². The summed E-state index contributed by atoms with van der Waals surface area (Å²) in [7, 11) is 0. The second kappa shape index (κ2) is 11.4. The van der Waals surface area contributed by atoms with Gasteiger partial charge in [0.15, 0.2) is 5.78 Å². The number of carbonyl (C=O) groups excluding carboxylic acids is 1. The largest absolute Gasteiger partial charge is 0.295 e. The van der Waals surface area contributed by atoms with Gasteiger partial charge >= 0.3 is 0 Å². The van der Waals surface area contributed by atoms with Crippen molar-refractivity contribution >= 4 is 17.4 Å². The number of Topliss-reactive ketones (excluding diaryl/α,β-unsaturated/α-hetero) is 1. The number of ketones is 1. The SMILES string of the molecule is CC.CC/C=C(\C=C/CCl)C(C)=O. The lowest BCUT2D eigenvalue weighted by molar-refractivity contribution is -0.113. The van der Waals surface area contributed by atoms with Crippen LogP contribution in [-0.2, 0) is 4.79 Å². The molecule has 13 heavy (non-hydrogen) atoms. The highest BCUT2D eigenvalue weighted by Crippen LogP contribution is 2.00. The minimum absolute atomic E-state index is 0.0909. The molecule has 0 fully saturated rings. The molecule has 0 aromatic carbocycles. The number of alkyl halides is 1. The lowest BCUT2D eigenvalue weighted by Crippen LogP contribution is -1.92. The highest BCUT2D eigenvalue weighted by molar-refractivity contribution is 6.19. The number of allylic oxidation sites excluding steroid dienone is 4. The third-order valence-electron chi connectivity index (χ3n) is 1.22. The number of halogens is 1. The summed E-state index contributed by atoms with van der Waals surface area (Å²) >= 11 is 5.43. The molecule has 0 saturated heterocycles. The summed E-state index contributed by atoms with van der Waals surface area (Å²) in [4.78, 5) is 10.9. The van der Waals surface area contributed by atoms with E-state index in [4.69, 9.17) is 11.6 Å². The Labute approximate surface area is 86.5 Å². The molecule has 0 atom stereocenters. The summed E-state index contributed by atoms with van der Waals surface area (Å²) < 4.78 is 0. The molecular formula is C11H19ClO. The Morgan fingerprint density at radius 1 is 1.38 bits per heavy atom. The topological polar surface area (TPSA) is 17.1 Å². The third-order valence-corrected chi connectivity index (χ3v) is 1.40. The normalized spacial score (nSPS) is 11.0. The summed E-state index contributed by atoms with van der Waals surface area (Å²) in [6.07, 6.45) is 6.30. The molecule has 0 bridgehead atoms. The molecule has 76 valence electrons. The van der Waals surface area contributed by atoms with E-state index in [1.54, 1.807) is 19.1 Å². The average Bonchev–Trinajstić information content (AvgIpc) is 2.15. The van der Waals surface area contributed by atoms with E-state index in [1.807, 2.05) is 26.8 Å². The predicted molar refractivity (Wildman–Crippen MR) is 60.3 cm³/mol. The molecule has 0 aromatic heterocycles. The molecule has 0 saturated carbocycles. The van der Waals surface area contributed by atoms with Crippen molar-refractivity contribution in [3.8, 4) is 0 Å². The van der Waals surface area contributed by atoms with Crippen molar-refractivity contribution in [2.24, 2.45) is 0 Å². The molecule has 1 nitrogen and oxygen atoms in total. The van der Waals surface area contributed by atoms with Crippen LogP contribution in [0.25, 0.3) is 0 Å². The molecule has 0 heterocycles. The van der Waals surface area contributed by atoms with Gasteiger partial charge in [-0.3, -0.25) is 4.79 Å². The molecule has 0 spiro atoms. The maximum atomic E-state index is 10.9. The lowest BCUT2D eigenvalue weighted by Gasteiger charge is -1.93. The fraction of sp³-hybridized carbons (Fsp3) is 0.545. The summed E-state index contributed by atoms with van der Waals surface area (Å²) in [5.74, 6) is 0.544. The maximum Gasteiger partial charge on any atom is 0.159 e. The molecule has 0 rings (SSSR count). The molecule has 0 aliphatic rings. The van der Waals surface area contributed by atoms with E-state index in [-0.39, 0.29) is 5.78 Å². The van der Waals surface area contributed by atoms with E-state index in [2.05, 4.69) is 0 Å². The minimum Gasteiger partial charge on any atom is -0.295 e. The van der Waals surface area contributed by atoms with Crippen LogP contribution >= 0.6 is 11.6 Å². The highest BCUT2D eigenvalue weighted by atomic mass is 35.5. The van der Waals surface area contributed by atoms with Crippen LogP contribution in [0.5, 0.6) is 0 Å². The number of hydrogen-bond acceptors (Lipinski definition) is 1. The van der Waals surface area contributed by atoms with Gasteiger partial charge in [-0.25, -0.2) is 0 Å². The number of hydrogen-bond donors (Lipinski definition) is 0. The number of carbonyl (C=O) groups is 1. The molecule has 0 aliphatic carbocycles. The monoisotopic (exact) mass is 202 g/mol. The Balaban J connectivity index is 0. The molecule has 0 N–H and O–H groups in total. The highest BCUT2D eigenvalue weighted by Gasteiger charge is 1.95. The molecule has 2 heteroatoms. The quantitative estimate of drug-likeness (QED) is 0.386. The summed E-state index contributed by atoms with van der Waals surface area (Å²) in [6, 6.07) is 0. The van der Waals surface area contributed by atoms with Crippen molar-refractivity contribution in [2.45, 2.75) is 34.1 Å². The van der Waals surface area contributed by atoms with E-state index in [0.717, 1.165) is 12.0 Å². The Kier molecular flexibility index (Phi) is 13.1. The maximum absolute atomic E-state index is 10.9. The van der Waals surface area contributed by atoms with Crippen LogP contribution in [0.4, 0.5) is 0 Å². The zero-order valence-electron chi connectivity index (χ0n) is 8.93. The summed E-state index contributed by atoms with van der Waals surface area (Å²) in [5, 5.41) is 0. The van der Waals surface area contributed by atoms with Gasteiger partial charge in [0.05, 0.1) is 0 Å². The molecule has 0 aromatic rings. The van der Waals surface area contributed by atoms with Crippen LogP contribution in [-0.4, -0.2) is 11.7 Å². The Morgan fingerprint density at radius 2 is 1.92 bits per heavy atom. The first-order chi connectivity index (χ1) is 6.22. The molecule has 0 unspecified atom stereocenters. The van der Waals surface area contributed by atoms with Crippen molar-refractivity contribution in [3.63, 3.8) is 0 Å². The second-order valence-corrected chi connectivity index (χ2v) is 2.49. The standard InChI is InChI=1S/C9H13ClO.C2H6/c1-3-5-9(8(2)11)6-4-7-10;1-2/h4-6H,3,7H2,1-2H3;1-2H3/b6-4-,9-5+;. The van der Waals surface area contributed by atoms with Gasteiger partial charge in [-0.15, -0.1) is 11.6 Å². The van der Waals surface area contributed by atoms with Crippen LogP contribution in [0, 0.1) is 0 Å². The zero-order valence-corrected chi connectivity index (χ0v) is 9.69. The van der Waals surface area contributed by atoms with Crippen molar-refractivity contribution in [2.75, 3.05) is 5.88 Å². The molecule has 0 radical (unpaired) electrons. The van der Waals surface area contributed by atoms with Crippen molar-refractivity contribution < 1.29 is 4.79 Å². The van der Waals surface area contributed by atoms with Gasteiger partial charge in [-0.05, 0) is 13.3 Å². The van der Waals surface area contributed by atoms with E-state index in [1.165, 1.54) is 0 Å². The van der Waals surface area contributed by atoms with E-state index in [9.17, 15) is 4.79 Å². The van der Waals surface area contributed by atoms with Gasteiger partial charge < -0.3 is 0 Å². The Hall–Kier alpha value is -0.560. The van der Waals surface area contributed by atoms with Gasteiger partial charge in [0.2, 0.25) is 0 Å². The van der Waals surface area contributed by atoms with E-state index >= 15 is 0 Å². The smallest absolute Gasteiger partial charge is 0.159 e. The lowest BCUT2D eigenvalue weighted by atomic mass is 10.1. The van der Waals surface area contributed by atoms with Gasteiger partial charge in [0.1, 0.15) is 0 Å². The molecule has 0 aliphatic heterocycles. The fourth-order valence-corrected chi connectivity index (χ4v) is 0.810. The van der Waals surface area contributed by atoms with Crippen LogP contribution in [0.15, 0.2) is 23.8 Å². The molecule has 0 amide bonds. The van der Waals surface area contributed by atoms with Crippen LogP contribution in [0.3, 0.4) is 0 Å². The Morgan fingerprint density at radius 3 is 2.23 bits per heavy atom. The first-order valence-corrected chi connectivity index (χ1v) is 5.19. The van der Waals surface area contributed by atoms with Gasteiger partial charge in [0, 0.05) is 11.5 Å². The first kappa shape index (κ1) is 14.9. The minimum atomic E-state index is 0.0909. The van der Waals surface area contributed by atoms with E-state index in [0.29, 0.717) is 5.88 Å². The second-order valence-electron chi connectivity index (χ2n) is 2.18. The van der Waals surface area contributed by atoms with Crippen molar-refractivity contribution in [1.29, 1.82) is 0 Å². The Bertz CT molecular complexity index is 181. The van der Waals surface area contributed by atoms with Crippen LogP contribution in [0.1, 0.15) is 34.1 Å². The van der Waals surface area contributed by atoms with Crippen LogP contribution < -0.4 is 0 Å².